The minimum absolute atomic E-state index is 0.0900. The lowest BCUT2D eigenvalue weighted by Gasteiger charge is -2.15. The highest BCUT2D eigenvalue weighted by molar-refractivity contribution is 5.57. The van der Waals surface area contributed by atoms with Gasteiger partial charge in [-0.25, -0.2) is 8.78 Å². The van der Waals surface area contributed by atoms with E-state index in [9.17, 15) is 18.9 Å². The van der Waals surface area contributed by atoms with Crippen molar-refractivity contribution < 1.29 is 18.8 Å². The van der Waals surface area contributed by atoms with Gasteiger partial charge in [-0.1, -0.05) is 0 Å². The monoisotopic (exact) mass is 246 g/mol. The summed E-state index contributed by atoms with van der Waals surface area (Å²) in [5.74, 6) is 0. The van der Waals surface area contributed by atoms with Crippen molar-refractivity contribution in [2.24, 2.45) is 0 Å². The lowest BCUT2D eigenvalue weighted by molar-refractivity contribution is -0.385. The number of aliphatic hydroxyl groups is 1. The van der Waals surface area contributed by atoms with E-state index in [1.807, 2.05) is 0 Å². The molecule has 0 aliphatic heterocycles. The Hall–Kier alpha value is -1.76. The molecule has 1 rings (SSSR count). The van der Waals surface area contributed by atoms with E-state index in [1.54, 1.807) is 6.92 Å². The molecule has 0 amide bonds. The summed E-state index contributed by atoms with van der Waals surface area (Å²) in [6.45, 7) is 1.39. The maximum atomic E-state index is 12.7. The number of nitro benzene ring substituents is 1. The first-order valence-electron chi connectivity index (χ1n) is 4.89. The number of benzene rings is 1. The lowest BCUT2D eigenvalue weighted by Crippen LogP contribution is -2.20. The van der Waals surface area contributed by atoms with Crippen LogP contribution in [0.2, 0.25) is 0 Å². The zero-order valence-corrected chi connectivity index (χ0v) is 9.06. The Bertz CT molecular complexity index is 413. The molecule has 2 N–H and O–H groups in total. The molecule has 94 valence electrons. The van der Waals surface area contributed by atoms with E-state index in [0.717, 1.165) is 12.1 Å². The number of hydrogen-bond donors (Lipinski definition) is 2. The van der Waals surface area contributed by atoms with Crippen molar-refractivity contribution in [2.75, 3.05) is 11.9 Å². The summed E-state index contributed by atoms with van der Waals surface area (Å²) in [4.78, 5) is 9.73. The first-order valence-corrected chi connectivity index (χ1v) is 4.89. The van der Waals surface area contributed by atoms with Gasteiger partial charge in [0.1, 0.15) is 0 Å². The average Bonchev–Trinajstić information content (AvgIpc) is 2.28. The van der Waals surface area contributed by atoms with Gasteiger partial charge in [0.2, 0.25) is 0 Å². The van der Waals surface area contributed by atoms with E-state index in [0.29, 0.717) is 0 Å². The first kappa shape index (κ1) is 13.3. The van der Waals surface area contributed by atoms with Gasteiger partial charge in [-0.15, -0.1) is 0 Å². The molecule has 1 atom stereocenters. The largest absolute Gasteiger partial charge is 0.394 e. The van der Waals surface area contributed by atoms with E-state index in [1.165, 1.54) is 6.07 Å². The predicted molar refractivity (Wildman–Crippen MR) is 58.2 cm³/mol. The van der Waals surface area contributed by atoms with Gasteiger partial charge in [-0.2, -0.15) is 0 Å². The van der Waals surface area contributed by atoms with E-state index >= 15 is 0 Å². The third-order valence-corrected chi connectivity index (χ3v) is 2.16. The van der Waals surface area contributed by atoms with E-state index in [2.05, 4.69) is 5.32 Å². The number of nitro groups is 1. The molecule has 0 aromatic heterocycles. The second kappa shape index (κ2) is 5.53. The molecule has 0 bridgehead atoms. The highest BCUT2D eigenvalue weighted by Crippen LogP contribution is 2.30. The standard InChI is InChI=1S/C10H12F2N2O3/c1-6(5-15)13-9-3-2-7(14(16)17)4-8(9)10(11)12/h2-4,6,10,13,15H,5H2,1H3. The third kappa shape index (κ3) is 3.35. The smallest absolute Gasteiger partial charge is 0.270 e. The summed E-state index contributed by atoms with van der Waals surface area (Å²) in [6, 6.07) is 2.77. The number of alkyl halides is 2. The zero-order valence-electron chi connectivity index (χ0n) is 9.06. The van der Waals surface area contributed by atoms with Crippen molar-refractivity contribution in [1.82, 2.24) is 0 Å². The summed E-state index contributed by atoms with van der Waals surface area (Å²) in [5, 5.41) is 21.9. The van der Waals surface area contributed by atoms with Gasteiger partial charge in [-0.05, 0) is 13.0 Å². The van der Waals surface area contributed by atoms with E-state index in [4.69, 9.17) is 5.11 Å². The highest BCUT2D eigenvalue weighted by Gasteiger charge is 2.18. The van der Waals surface area contributed by atoms with Gasteiger partial charge in [0.05, 0.1) is 11.5 Å². The van der Waals surface area contributed by atoms with Crippen LogP contribution in [0, 0.1) is 10.1 Å². The third-order valence-electron chi connectivity index (χ3n) is 2.16. The molecule has 1 unspecified atom stereocenters. The fraction of sp³-hybridized carbons (Fsp3) is 0.400. The van der Waals surface area contributed by atoms with Gasteiger partial charge < -0.3 is 10.4 Å². The highest BCUT2D eigenvalue weighted by atomic mass is 19.3. The fourth-order valence-electron chi connectivity index (χ4n) is 1.29. The fourth-order valence-corrected chi connectivity index (χ4v) is 1.29. The molecule has 0 aliphatic rings. The molecule has 1 aromatic carbocycles. The first-order chi connectivity index (χ1) is 7.95. The molecule has 0 heterocycles. The average molecular weight is 246 g/mol. The van der Waals surface area contributed by atoms with Crippen LogP contribution in [0.25, 0.3) is 0 Å². The molecular formula is C10H12F2N2O3. The summed E-state index contributed by atoms with van der Waals surface area (Å²) >= 11 is 0. The maximum Gasteiger partial charge on any atom is 0.270 e. The number of anilines is 1. The normalized spacial score (nSPS) is 12.5. The van der Waals surface area contributed by atoms with Gasteiger partial charge >= 0.3 is 0 Å². The zero-order chi connectivity index (χ0) is 13.0. The molecule has 0 spiro atoms. The second-order valence-corrected chi connectivity index (χ2v) is 3.56. The summed E-state index contributed by atoms with van der Waals surface area (Å²) in [6.07, 6.45) is -2.82. The van der Waals surface area contributed by atoms with Crippen molar-refractivity contribution in [2.45, 2.75) is 19.4 Å². The topological polar surface area (TPSA) is 75.4 Å². The molecular weight excluding hydrogens is 234 g/mol. The molecule has 5 nitrogen and oxygen atoms in total. The van der Waals surface area contributed by atoms with Crippen molar-refractivity contribution in [3.63, 3.8) is 0 Å². The number of rotatable bonds is 5. The predicted octanol–water partition coefficient (Wildman–Crippen LogP) is 2.33. The van der Waals surface area contributed by atoms with Gasteiger partial charge in [0.25, 0.3) is 12.1 Å². The Morgan fingerprint density at radius 3 is 2.65 bits per heavy atom. The molecule has 0 aliphatic carbocycles. The molecule has 0 saturated heterocycles. The van der Waals surface area contributed by atoms with Crippen LogP contribution in [0.5, 0.6) is 0 Å². The van der Waals surface area contributed by atoms with E-state index < -0.39 is 23.0 Å². The van der Waals surface area contributed by atoms with Crippen LogP contribution in [-0.2, 0) is 0 Å². The van der Waals surface area contributed by atoms with Crippen molar-refractivity contribution in [3.8, 4) is 0 Å². The number of aliphatic hydroxyl groups excluding tert-OH is 1. The van der Waals surface area contributed by atoms with Crippen LogP contribution in [0.1, 0.15) is 18.9 Å². The number of hydrogen-bond acceptors (Lipinski definition) is 4. The Labute approximate surface area is 96.2 Å². The summed E-state index contributed by atoms with van der Waals surface area (Å²) < 4.78 is 25.4. The van der Waals surface area contributed by atoms with Crippen LogP contribution in [-0.4, -0.2) is 22.7 Å². The molecule has 0 radical (unpaired) electrons. The molecule has 7 heteroatoms. The molecule has 17 heavy (non-hydrogen) atoms. The van der Waals surface area contributed by atoms with Crippen molar-refractivity contribution in [3.05, 3.63) is 33.9 Å². The SMILES string of the molecule is CC(CO)Nc1ccc([N+](=O)[O-])cc1C(F)F. The summed E-state index contributed by atoms with van der Waals surface area (Å²) in [7, 11) is 0. The Morgan fingerprint density at radius 2 is 2.18 bits per heavy atom. The number of non-ortho nitro benzene ring substituents is 1. The number of nitrogens with zero attached hydrogens (tertiary/aromatic N) is 1. The minimum Gasteiger partial charge on any atom is -0.394 e. The Kier molecular flexibility index (Phi) is 4.33. The second-order valence-electron chi connectivity index (χ2n) is 3.56. The minimum atomic E-state index is -2.82. The number of nitrogens with one attached hydrogen (secondary N) is 1. The quantitative estimate of drug-likeness (QED) is 0.617. The number of halogens is 2. The van der Waals surface area contributed by atoms with Crippen LogP contribution in [0.4, 0.5) is 20.2 Å². The van der Waals surface area contributed by atoms with Gasteiger partial charge in [0.15, 0.2) is 0 Å². The molecule has 1 aromatic rings. The van der Waals surface area contributed by atoms with Crippen molar-refractivity contribution in [1.29, 1.82) is 0 Å². The molecule has 0 fully saturated rings. The van der Waals surface area contributed by atoms with Gasteiger partial charge in [-0.3, -0.25) is 10.1 Å². The van der Waals surface area contributed by atoms with Crippen LogP contribution in [0.15, 0.2) is 18.2 Å². The lowest BCUT2D eigenvalue weighted by atomic mass is 10.1. The summed E-state index contributed by atoms with van der Waals surface area (Å²) in [5.41, 5.74) is -0.742. The van der Waals surface area contributed by atoms with Crippen LogP contribution in [0.3, 0.4) is 0 Å². The van der Waals surface area contributed by atoms with Crippen LogP contribution < -0.4 is 5.32 Å². The van der Waals surface area contributed by atoms with Crippen LogP contribution >= 0.6 is 0 Å². The van der Waals surface area contributed by atoms with Crippen molar-refractivity contribution >= 4 is 11.4 Å². The van der Waals surface area contributed by atoms with Gasteiger partial charge in [0, 0.05) is 29.4 Å². The van der Waals surface area contributed by atoms with E-state index in [-0.39, 0.29) is 18.0 Å². The Morgan fingerprint density at radius 1 is 1.53 bits per heavy atom. The Balaban J connectivity index is 3.08. The molecule has 0 saturated carbocycles. The maximum absolute atomic E-state index is 12.7.